The van der Waals surface area contributed by atoms with Gasteiger partial charge in [0.05, 0.1) is 11.4 Å². The average molecular weight is 515 g/mol. The van der Waals surface area contributed by atoms with Crippen molar-refractivity contribution in [2.75, 3.05) is 0 Å². The normalized spacial score (nSPS) is 12.0. The van der Waals surface area contributed by atoms with Crippen LogP contribution in [-0.4, -0.2) is 12.4 Å². The average Bonchev–Trinajstić information content (AvgIpc) is 2.73. The van der Waals surface area contributed by atoms with E-state index >= 15 is 0 Å². The van der Waals surface area contributed by atoms with Crippen molar-refractivity contribution in [3.63, 3.8) is 0 Å². The molecule has 0 bridgehead atoms. The Balaban J connectivity index is 0.00000342. The van der Waals surface area contributed by atoms with Crippen LogP contribution in [0.15, 0.2) is 52.4 Å². The summed E-state index contributed by atoms with van der Waals surface area (Å²) in [4.78, 5) is 9.44. The van der Waals surface area contributed by atoms with Gasteiger partial charge in [0.15, 0.2) is 0 Å². The van der Waals surface area contributed by atoms with Crippen molar-refractivity contribution in [3.8, 4) is 11.5 Å². The van der Waals surface area contributed by atoms with Gasteiger partial charge < -0.3 is 10.2 Å². The van der Waals surface area contributed by atoms with E-state index < -0.39 is 0 Å². The number of hydrogen-bond donors (Lipinski definition) is 0. The Morgan fingerprint density at radius 2 is 0.973 bits per heavy atom. The maximum absolute atomic E-state index is 13.0. The van der Waals surface area contributed by atoms with Crippen molar-refractivity contribution in [3.05, 3.63) is 81.4 Å². The third-order valence-corrected chi connectivity index (χ3v) is 6.26. The van der Waals surface area contributed by atoms with Crippen LogP contribution in [0.5, 0.6) is 11.5 Å². The third-order valence-electron chi connectivity index (χ3n) is 6.26. The maximum Gasteiger partial charge on any atom is 1.00 e. The first-order valence-electron chi connectivity index (χ1n) is 12.0. The molecule has 0 atom stereocenters. The van der Waals surface area contributed by atoms with Crippen LogP contribution in [0.3, 0.4) is 0 Å². The van der Waals surface area contributed by atoms with E-state index in [0.29, 0.717) is 11.1 Å². The van der Waals surface area contributed by atoms with Crippen LogP contribution in [0.25, 0.3) is 0 Å². The van der Waals surface area contributed by atoms with Crippen molar-refractivity contribution >= 4 is 23.8 Å². The summed E-state index contributed by atoms with van der Waals surface area (Å²) >= 11 is 0. The van der Waals surface area contributed by atoms with Gasteiger partial charge in [-0.05, 0) is 65.0 Å². The fourth-order valence-electron chi connectivity index (χ4n) is 4.32. The molecule has 184 valence electrons. The molecule has 3 aromatic rings. The molecule has 0 heterocycles. The minimum atomic E-state index is -0.233. The number of aryl methyl sites for hydroxylation is 2. The molecule has 3 aromatic carbocycles. The zero-order chi connectivity index (χ0) is 26.1. The summed E-state index contributed by atoms with van der Waals surface area (Å²) in [6, 6.07) is 13.2. The van der Waals surface area contributed by atoms with E-state index in [1.54, 1.807) is 24.6 Å². The van der Waals surface area contributed by atoms with Crippen LogP contribution in [0.4, 0.5) is 11.4 Å². The molecule has 37 heavy (non-hydrogen) atoms. The molecule has 0 saturated carbocycles. The van der Waals surface area contributed by atoms with Gasteiger partial charge in [0.2, 0.25) is 0 Å². The molecule has 6 heteroatoms. The molecule has 3 rings (SSSR count). The van der Waals surface area contributed by atoms with Gasteiger partial charge in [-0.1, -0.05) is 95.5 Å². The summed E-state index contributed by atoms with van der Waals surface area (Å²) in [7, 11) is 0. The second kappa shape index (κ2) is 13.1. The molecule has 0 spiro atoms. The second-order valence-corrected chi connectivity index (χ2v) is 11.3. The number of benzene rings is 3. The SMILES string of the molecule is Cc1cc(C)c(N=Cc2cccc(C(C)(C)C)c2[O-])c(C)c1N=Cc1cccc(C(C)(C)C)c1[O-].[Na+].[Na+]. The van der Waals surface area contributed by atoms with Crippen LogP contribution in [-0.2, 0) is 10.8 Å². The molecule has 0 aliphatic heterocycles. The van der Waals surface area contributed by atoms with Crippen molar-refractivity contribution in [1.29, 1.82) is 0 Å². The first-order valence-corrected chi connectivity index (χ1v) is 12.0. The van der Waals surface area contributed by atoms with E-state index in [4.69, 9.17) is 9.98 Å². The topological polar surface area (TPSA) is 70.8 Å². The van der Waals surface area contributed by atoms with Crippen molar-refractivity contribution in [2.45, 2.75) is 73.1 Å². The number of nitrogens with zero attached hydrogens (tertiary/aromatic N) is 2. The molecular formula is C31H36N2Na2O2. The van der Waals surface area contributed by atoms with Gasteiger partial charge >= 0.3 is 59.1 Å². The monoisotopic (exact) mass is 514 g/mol. The van der Waals surface area contributed by atoms with Crippen LogP contribution in [0.2, 0.25) is 0 Å². The Morgan fingerprint density at radius 1 is 0.622 bits per heavy atom. The van der Waals surface area contributed by atoms with Gasteiger partial charge in [-0.15, -0.1) is 0 Å². The summed E-state index contributed by atoms with van der Waals surface area (Å²) in [5, 5.41) is 25.9. The first-order chi connectivity index (χ1) is 16.2. The van der Waals surface area contributed by atoms with Crippen LogP contribution >= 0.6 is 0 Å². The maximum atomic E-state index is 13.0. The van der Waals surface area contributed by atoms with Gasteiger partial charge in [-0.3, -0.25) is 9.98 Å². The van der Waals surface area contributed by atoms with E-state index in [9.17, 15) is 10.2 Å². The number of aliphatic imine (C=N–C) groups is 2. The van der Waals surface area contributed by atoms with E-state index in [1.807, 2.05) is 92.6 Å². The molecule has 0 amide bonds. The molecule has 0 fully saturated rings. The smallest absolute Gasteiger partial charge is 0.872 e. The van der Waals surface area contributed by atoms with Gasteiger partial charge in [-0.25, -0.2) is 0 Å². The standard InChI is InChI=1S/C31H38N2O2.2Na/c1-19-16-20(2)27(33-18-23-13-11-15-25(29(23)35)31(7,8)9)21(3)26(19)32-17-22-12-10-14-24(28(22)34)30(4,5)6;;/h10-18,34-35H,1-9H3;;/q;2*+1/p-2. The predicted octanol–water partition coefficient (Wildman–Crippen LogP) is 0.863. The zero-order valence-corrected chi connectivity index (χ0v) is 28.4. The fraction of sp³-hybridized carbons (Fsp3) is 0.355. The van der Waals surface area contributed by atoms with Crippen LogP contribution in [0.1, 0.15) is 80.5 Å². The Morgan fingerprint density at radius 3 is 1.30 bits per heavy atom. The van der Waals surface area contributed by atoms with E-state index in [-0.39, 0.29) is 81.4 Å². The summed E-state index contributed by atoms with van der Waals surface area (Å²) < 4.78 is 0. The Bertz CT molecular complexity index is 1220. The molecule has 0 unspecified atom stereocenters. The number of para-hydroxylation sites is 2. The molecule has 0 N–H and O–H groups in total. The van der Waals surface area contributed by atoms with Crippen LogP contribution in [0, 0.1) is 20.8 Å². The van der Waals surface area contributed by atoms with Crippen molar-refractivity contribution in [1.82, 2.24) is 0 Å². The minimum Gasteiger partial charge on any atom is -0.872 e. The molecule has 0 radical (unpaired) electrons. The molecule has 0 aromatic heterocycles. The minimum absolute atomic E-state index is 0. The quantitative estimate of drug-likeness (QED) is 0.383. The molecule has 0 saturated heterocycles. The van der Waals surface area contributed by atoms with Crippen molar-refractivity contribution < 1.29 is 69.3 Å². The van der Waals surface area contributed by atoms with Crippen molar-refractivity contribution in [2.24, 2.45) is 9.98 Å². The molecule has 0 aliphatic rings. The number of rotatable bonds is 4. The number of hydrogen-bond acceptors (Lipinski definition) is 4. The van der Waals surface area contributed by atoms with E-state index in [1.165, 1.54) is 0 Å². The molecule has 4 nitrogen and oxygen atoms in total. The summed E-state index contributed by atoms with van der Waals surface area (Å²) in [6.07, 6.45) is 3.30. The summed E-state index contributed by atoms with van der Waals surface area (Å²) in [6.45, 7) is 18.2. The Labute approximate surface area is 266 Å². The summed E-state index contributed by atoms with van der Waals surface area (Å²) in [5.74, 6) is 0.0113. The van der Waals surface area contributed by atoms with E-state index in [0.717, 1.165) is 39.2 Å². The van der Waals surface area contributed by atoms with Crippen LogP contribution < -0.4 is 69.3 Å². The Hall–Kier alpha value is -1.40. The van der Waals surface area contributed by atoms with Gasteiger partial charge in [-0.2, -0.15) is 0 Å². The zero-order valence-electron chi connectivity index (χ0n) is 24.4. The second-order valence-electron chi connectivity index (χ2n) is 11.3. The van der Waals surface area contributed by atoms with Gasteiger partial charge in [0, 0.05) is 18.0 Å². The molecule has 0 aliphatic carbocycles. The van der Waals surface area contributed by atoms with Gasteiger partial charge in [0.1, 0.15) is 0 Å². The largest absolute Gasteiger partial charge is 1.00 e. The Kier molecular flexibility index (Phi) is 11.9. The van der Waals surface area contributed by atoms with E-state index in [2.05, 4.69) is 0 Å². The first kappa shape index (κ1) is 33.6. The third kappa shape index (κ3) is 7.81. The fourth-order valence-corrected chi connectivity index (χ4v) is 4.32. The van der Waals surface area contributed by atoms with Gasteiger partial charge in [0.25, 0.3) is 0 Å². The predicted molar refractivity (Wildman–Crippen MR) is 144 cm³/mol. The summed E-state index contributed by atoms with van der Waals surface area (Å²) in [5.41, 5.74) is 6.71. The molecular weight excluding hydrogens is 478 g/mol.